The molecule has 0 saturated carbocycles. The monoisotopic (exact) mass is 412 g/mol. The van der Waals surface area contributed by atoms with Crippen molar-refractivity contribution in [2.45, 2.75) is 53.4 Å². The molecule has 0 saturated heterocycles. The van der Waals surface area contributed by atoms with E-state index in [1.807, 2.05) is 0 Å². The molecule has 164 valence electrons. The lowest BCUT2D eigenvalue weighted by molar-refractivity contribution is -0.167. The number of ether oxygens (including phenoxy) is 4. The van der Waals surface area contributed by atoms with Crippen LogP contribution < -0.4 is 0 Å². The highest BCUT2D eigenvalue weighted by Gasteiger charge is 2.45. The van der Waals surface area contributed by atoms with E-state index in [-0.39, 0.29) is 26.4 Å². The molecule has 0 aliphatic heterocycles. The lowest BCUT2D eigenvalue weighted by atomic mass is 9.77. The predicted molar refractivity (Wildman–Crippen MR) is 104 cm³/mol. The zero-order chi connectivity index (χ0) is 21.8. The Morgan fingerprint density at radius 2 is 1.24 bits per heavy atom. The molecule has 0 spiro atoms. The molecule has 1 aliphatic carbocycles. The first-order chi connectivity index (χ1) is 13.9. The van der Waals surface area contributed by atoms with Crippen molar-refractivity contribution in [3.8, 4) is 0 Å². The summed E-state index contributed by atoms with van der Waals surface area (Å²) in [5, 5.41) is 0. The van der Waals surface area contributed by atoms with Gasteiger partial charge in [-0.3, -0.25) is 19.2 Å². The summed E-state index contributed by atoms with van der Waals surface area (Å²) in [6.45, 7) is 6.93. The zero-order valence-corrected chi connectivity index (χ0v) is 17.7. The molecule has 29 heavy (non-hydrogen) atoms. The molecule has 1 rings (SSSR count). The van der Waals surface area contributed by atoms with Crippen LogP contribution >= 0.6 is 0 Å². The topological polar surface area (TPSA) is 105 Å². The maximum Gasteiger partial charge on any atom is 0.324 e. The molecule has 0 bridgehead atoms. The van der Waals surface area contributed by atoms with E-state index in [0.717, 1.165) is 12.8 Å². The summed E-state index contributed by atoms with van der Waals surface area (Å²) in [4.78, 5) is 50.6. The zero-order valence-electron chi connectivity index (χ0n) is 17.7. The minimum absolute atomic E-state index is 0.0892. The van der Waals surface area contributed by atoms with Gasteiger partial charge in [0.25, 0.3) is 0 Å². The van der Waals surface area contributed by atoms with Crippen molar-refractivity contribution < 1.29 is 38.1 Å². The van der Waals surface area contributed by atoms with Crippen LogP contribution in [0.4, 0.5) is 0 Å². The smallest absolute Gasteiger partial charge is 0.324 e. The second-order valence-corrected chi connectivity index (χ2v) is 6.51. The van der Waals surface area contributed by atoms with Crippen molar-refractivity contribution in [2.75, 3.05) is 26.4 Å². The summed E-state index contributed by atoms with van der Waals surface area (Å²) in [5.74, 6) is -6.26. The highest BCUT2D eigenvalue weighted by Crippen LogP contribution is 2.37. The van der Waals surface area contributed by atoms with Crippen molar-refractivity contribution in [2.24, 2.45) is 17.8 Å². The van der Waals surface area contributed by atoms with Crippen molar-refractivity contribution in [3.63, 3.8) is 0 Å². The molecule has 0 aromatic rings. The number of hydrogen-bond acceptors (Lipinski definition) is 8. The molecule has 0 aromatic heterocycles. The molecular weight excluding hydrogens is 380 g/mol. The van der Waals surface area contributed by atoms with Crippen LogP contribution in [0, 0.1) is 17.8 Å². The highest BCUT2D eigenvalue weighted by atomic mass is 16.6. The standard InChI is InChI=1S/C21H32O8/c1-5-26-18(22)16(19(23)27-6-2)14-12-10-9-11-13-15(14)17(20(24)28-7-3)21(25)29-8-4/h12,15-17H,5-11,13H2,1-4H3/t15-/m1/s1. The number of rotatable bonds is 10. The Hall–Kier alpha value is -2.38. The summed E-state index contributed by atoms with van der Waals surface area (Å²) in [6, 6.07) is 0. The highest BCUT2D eigenvalue weighted by molar-refractivity contribution is 6.00. The van der Waals surface area contributed by atoms with E-state index in [9.17, 15) is 19.2 Å². The average Bonchev–Trinajstić information content (AvgIpc) is 2.89. The summed E-state index contributed by atoms with van der Waals surface area (Å²) in [7, 11) is 0. The Labute approximate surface area is 171 Å². The largest absolute Gasteiger partial charge is 0.465 e. The van der Waals surface area contributed by atoms with Gasteiger partial charge in [-0.05, 0) is 52.5 Å². The van der Waals surface area contributed by atoms with E-state index < -0.39 is 41.6 Å². The van der Waals surface area contributed by atoms with Gasteiger partial charge in [-0.15, -0.1) is 0 Å². The van der Waals surface area contributed by atoms with Crippen molar-refractivity contribution >= 4 is 23.9 Å². The van der Waals surface area contributed by atoms with Gasteiger partial charge in [0.15, 0.2) is 11.8 Å². The van der Waals surface area contributed by atoms with Crippen LogP contribution in [-0.2, 0) is 38.1 Å². The van der Waals surface area contributed by atoms with Gasteiger partial charge in [0.05, 0.1) is 26.4 Å². The third-order valence-electron chi connectivity index (χ3n) is 4.64. The Balaban J connectivity index is 3.43. The number of carbonyl (C=O) groups excluding carboxylic acids is 4. The SMILES string of the molecule is CCOC(=O)C(C(=O)OCC)C1=CCCCC[C@H]1C(C(=O)OCC)C(=O)OCC. The number of esters is 4. The van der Waals surface area contributed by atoms with E-state index in [1.54, 1.807) is 33.8 Å². The van der Waals surface area contributed by atoms with Crippen molar-refractivity contribution in [1.82, 2.24) is 0 Å². The van der Waals surface area contributed by atoms with E-state index >= 15 is 0 Å². The van der Waals surface area contributed by atoms with Crippen LogP contribution in [0.3, 0.4) is 0 Å². The summed E-state index contributed by atoms with van der Waals surface area (Å²) >= 11 is 0. The average molecular weight is 412 g/mol. The first kappa shape index (κ1) is 24.7. The van der Waals surface area contributed by atoms with Crippen LogP contribution in [0.1, 0.15) is 53.4 Å². The van der Waals surface area contributed by atoms with Crippen LogP contribution in [0.15, 0.2) is 11.6 Å². The Morgan fingerprint density at radius 1 is 0.793 bits per heavy atom. The number of allylic oxidation sites excluding steroid dienone is 1. The fourth-order valence-electron chi connectivity index (χ4n) is 3.49. The van der Waals surface area contributed by atoms with Gasteiger partial charge in [0.1, 0.15) is 0 Å². The van der Waals surface area contributed by atoms with Crippen LogP contribution in [0.5, 0.6) is 0 Å². The second kappa shape index (κ2) is 13.0. The summed E-state index contributed by atoms with van der Waals surface area (Å²) in [6.07, 6.45) is 4.32. The maximum atomic E-state index is 12.6. The van der Waals surface area contributed by atoms with E-state index in [4.69, 9.17) is 18.9 Å². The molecule has 8 nitrogen and oxygen atoms in total. The van der Waals surface area contributed by atoms with Gasteiger partial charge in [0, 0.05) is 5.92 Å². The van der Waals surface area contributed by atoms with Crippen LogP contribution in [0.2, 0.25) is 0 Å². The predicted octanol–water partition coefficient (Wildman–Crippen LogP) is 2.59. The molecule has 0 N–H and O–H groups in total. The molecule has 1 aliphatic rings. The minimum atomic E-state index is -1.33. The first-order valence-electron chi connectivity index (χ1n) is 10.3. The van der Waals surface area contributed by atoms with Crippen LogP contribution in [0.25, 0.3) is 0 Å². The fourth-order valence-corrected chi connectivity index (χ4v) is 3.49. The molecule has 0 aromatic carbocycles. The van der Waals surface area contributed by atoms with Crippen molar-refractivity contribution in [1.29, 1.82) is 0 Å². The molecule has 8 heteroatoms. The molecule has 1 atom stereocenters. The van der Waals surface area contributed by atoms with Crippen molar-refractivity contribution in [3.05, 3.63) is 11.6 Å². The maximum absolute atomic E-state index is 12.6. The molecule has 0 amide bonds. The number of hydrogen-bond donors (Lipinski definition) is 0. The van der Waals surface area contributed by atoms with E-state index in [1.165, 1.54) is 0 Å². The number of carbonyl (C=O) groups is 4. The van der Waals surface area contributed by atoms with Gasteiger partial charge < -0.3 is 18.9 Å². The van der Waals surface area contributed by atoms with Gasteiger partial charge in [-0.1, -0.05) is 12.5 Å². The normalized spacial score (nSPS) is 16.6. The molecule has 0 heterocycles. The van der Waals surface area contributed by atoms with Gasteiger partial charge in [0.2, 0.25) is 0 Å². The minimum Gasteiger partial charge on any atom is -0.465 e. The fraction of sp³-hybridized carbons (Fsp3) is 0.714. The second-order valence-electron chi connectivity index (χ2n) is 6.51. The Morgan fingerprint density at radius 3 is 1.69 bits per heavy atom. The van der Waals surface area contributed by atoms with Gasteiger partial charge in [-0.25, -0.2) is 0 Å². The molecule has 0 radical (unpaired) electrons. The van der Waals surface area contributed by atoms with Gasteiger partial charge >= 0.3 is 23.9 Å². The lowest BCUT2D eigenvalue weighted by Gasteiger charge is -2.28. The molecule has 0 fully saturated rings. The van der Waals surface area contributed by atoms with Gasteiger partial charge in [-0.2, -0.15) is 0 Å². The molecular formula is C21H32O8. The third kappa shape index (κ3) is 6.87. The van der Waals surface area contributed by atoms with Crippen LogP contribution in [-0.4, -0.2) is 50.3 Å². The Bertz CT molecular complexity index is 574. The summed E-state index contributed by atoms with van der Waals surface area (Å²) < 4.78 is 20.4. The van der Waals surface area contributed by atoms with E-state index in [0.29, 0.717) is 18.4 Å². The van der Waals surface area contributed by atoms with E-state index in [2.05, 4.69) is 0 Å². The Kier molecular flexibility index (Phi) is 11.0. The molecule has 0 unspecified atom stereocenters. The summed E-state index contributed by atoms with van der Waals surface area (Å²) in [5.41, 5.74) is 0.366. The third-order valence-corrected chi connectivity index (χ3v) is 4.64. The lowest BCUT2D eigenvalue weighted by Crippen LogP contribution is -2.40. The first-order valence-corrected chi connectivity index (χ1v) is 10.3. The quantitative estimate of drug-likeness (QED) is 0.233.